The minimum absolute atomic E-state index is 0.0644. The molecule has 1 aromatic rings. The van der Waals surface area contributed by atoms with Gasteiger partial charge in [-0.2, -0.15) is 4.98 Å². The summed E-state index contributed by atoms with van der Waals surface area (Å²) in [6.07, 6.45) is 4.77. The fourth-order valence-corrected chi connectivity index (χ4v) is 2.85. The minimum atomic E-state index is -0.397. The first-order valence-electron chi connectivity index (χ1n) is 7.11. The Morgan fingerprint density at radius 2 is 2.11 bits per heavy atom. The van der Waals surface area contributed by atoms with Gasteiger partial charge in [-0.3, -0.25) is 4.79 Å². The Balaban J connectivity index is 2.26. The molecule has 1 atom stereocenters. The van der Waals surface area contributed by atoms with E-state index in [9.17, 15) is 4.79 Å². The summed E-state index contributed by atoms with van der Waals surface area (Å²) in [5.74, 6) is 0.813. The summed E-state index contributed by atoms with van der Waals surface area (Å²) in [5, 5.41) is 4.08. The van der Waals surface area contributed by atoms with Gasteiger partial charge in [0, 0.05) is 6.61 Å². The van der Waals surface area contributed by atoms with Crippen LogP contribution in [0.2, 0.25) is 0 Å². The smallest absolute Gasteiger partial charge is 0.237 e. The number of nitrogens with zero attached hydrogens (tertiary/aromatic N) is 2. The van der Waals surface area contributed by atoms with Gasteiger partial charge in [0.1, 0.15) is 11.4 Å². The zero-order valence-corrected chi connectivity index (χ0v) is 11.9. The molecule has 5 heteroatoms. The van der Waals surface area contributed by atoms with Crippen molar-refractivity contribution in [2.75, 3.05) is 6.61 Å². The second-order valence-corrected chi connectivity index (χ2v) is 5.16. The van der Waals surface area contributed by atoms with Gasteiger partial charge in [-0.05, 0) is 46.0 Å². The maximum Gasteiger partial charge on any atom is 0.237 e. The predicted octanol–water partition coefficient (Wildman–Crippen LogP) is 2.96. The van der Waals surface area contributed by atoms with Crippen molar-refractivity contribution in [1.29, 1.82) is 0 Å². The quantitative estimate of drug-likeness (QED) is 0.792. The van der Waals surface area contributed by atoms with Crippen molar-refractivity contribution in [3.05, 3.63) is 11.7 Å². The molecule has 19 heavy (non-hydrogen) atoms. The van der Waals surface area contributed by atoms with Gasteiger partial charge in [0.2, 0.25) is 11.7 Å². The average molecular weight is 266 g/mol. The largest absolute Gasteiger partial charge is 0.367 e. The van der Waals surface area contributed by atoms with Gasteiger partial charge in [0.05, 0.1) is 5.92 Å². The molecule has 1 heterocycles. The molecule has 1 saturated carbocycles. The maximum atomic E-state index is 11.6. The molecule has 106 valence electrons. The van der Waals surface area contributed by atoms with Crippen LogP contribution in [0.5, 0.6) is 0 Å². The number of Topliss-reactive ketones (excluding diaryl/α,β-unsaturated/α-hetero) is 1. The summed E-state index contributed by atoms with van der Waals surface area (Å²) >= 11 is 0. The number of carbonyl (C=O) groups is 1. The Labute approximate surface area is 113 Å². The first-order valence-corrected chi connectivity index (χ1v) is 7.11. The van der Waals surface area contributed by atoms with Crippen LogP contribution in [-0.4, -0.2) is 22.5 Å². The van der Waals surface area contributed by atoms with E-state index in [0.29, 0.717) is 24.7 Å². The van der Waals surface area contributed by atoms with Crippen molar-refractivity contribution >= 4 is 5.78 Å². The topological polar surface area (TPSA) is 65.2 Å². The highest BCUT2D eigenvalue weighted by molar-refractivity contribution is 5.82. The second-order valence-electron chi connectivity index (χ2n) is 5.16. The highest BCUT2D eigenvalue weighted by atomic mass is 16.5. The zero-order valence-electron chi connectivity index (χ0n) is 11.9. The lowest BCUT2D eigenvalue weighted by Gasteiger charge is -2.24. The number of aromatic nitrogens is 2. The number of hydrogen-bond donors (Lipinski definition) is 0. The molecule has 1 aliphatic rings. The van der Waals surface area contributed by atoms with Gasteiger partial charge in [-0.25, -0.2) is 0 Å². The van der Waals surface area contributed by atoms with Crippen molar-refractivity contribution in [2.45, 2.75) is 64.4 Å². The zero-order chi connectivity index (χ0) is 13.9. The minimum Gasteiger partial charge on any atom is -0.367 e. The van der Waals surface area contributed by atoms with Crippen molar-refractivity contribution in [1.82, 2.24) is 10.1 Å². The summed E-state index contributed by atoms with van der Waals surface area (Å²) in [6, 6.07) is 0. The number of rotatable bonds is 6. The van der Waals surface area contributed by atoms with E-state index in [1.807, 2.05) is 13.8 Å². The first-order chi connectivity index (χ1) is 9.13. The third-order valence-electron chi connectivity index (χ3n) is 3.88. The molecule has 0 aliphatic heterocycles. The summed E-state index contributed by atoms with van der Waals surface area (Å²) in [5.41, 5.74) is -0.397. The van der Waals surface area contributed by atoms with E-state index in [4.69, 9.17) is 9.26 Å². The van der Waals surface area contributed by atoms with Gasteiger partial charge >= 0.3 is 0 Å². The van der Waals surface area contributed by atoms with E-state index >= 15 is 0 Å². The molecule has 1 fully saturated rings. The Morgan fingerprint density at radius 3 is 2.63 bits per heavy atom. The molecular weight excluding hydrogens is 244 g/mol. The summed E-state index contributed by atoms with van der Waals surface area (Å²) in [6.45, 7) is 6.12. The van der Waals surface area contributed by atoms with Crippen molar-refractivity contribution in [3.8, 4) is 0 Å². The van der Waals surface area contributed by atoms with Gasteiger partial charge in [0.15, 0.2) is 0 Å². The van der Waals surface area contributed by atoms with E-state index < -0.39 is 5.60 Å². The molecule has 0 N–H and O–H groups in total. The molecule has 0 bridgehead atoms. The molecule has 0 saturated heterocycles. The van der Waals surface area contributed by atoms with Gasteiger partial charge in [0.25, 0.3) is 0 Å². The van der Waals surface area contributed by atoms with Crippen LogP contribution in [0.4, 0.5) is 0 Å². The monoisotopic (exact) mass is 266 g/mol. The van der Waals surface area contributed by atoms with Crippen molar-refractivity contribution in [3.63, 3.8) is 0 Å². The maximum absolute atomic E-state index is 11.6. The fourth-order valence-electron chi connectivity index (χ4n) is 2.85. The third kappa shape index (κ3) is 2.71. The molecular formula is C14H22N2O3. The third-order valence-corrected chi connectivity index (χ3v) is 3.88. The van der Waals surface area contributed by atoms with Gasteiger partial charge < -0.3 is 9.26 Å². The summed E-state index contributed by atoms with van der Waals surface area (Å²) < 4.78 is 11.2. The number of ether oxygens (including phenoxy) is 1. The van der Waals surface area contributed by atoms with E-state index in [-0.39, 0.29) is 11.7 Å². The Hall–Kier alpha value is -1.23. The van der Waals surface area contributed by atoms with E-state index in [2.05, 4.69) is 10.1 Å². The highest BCUT2D eigenvalue weighted by Crippen LogP contribution is 2.41. The lowest BCUT2D eigenvalue weighted by Crippen LogP contribution is -2.27. The second kappa shape index (κ2) is 5.82. The summed E-state index contributed by atoms with van der Waals surface area (Å²) in [4.78, 5) is 16.0. The molecule has 2 rings (SSSR count). The van der Waals surface area contributed by atoms with E-state index in [1.54, 1.807) is 6.92 Å². The number of ketones is 1. The average Bonchev–Trinajstić information content (AvgIpc) is 2.99. The molecule has 0 spiro atoms. The molecule has 1 aromatic heterocycles. The van der Waals surface area contributed by atoms with E-state index in [0.717, 1.165) is 25.7 Å². The molecule has 1 unspecified atom stereocenters. The van der Waals surface area contributed by atoms with Crippen LogP contribution in [0.3, 0.4) is 0 Å². The lowest BCUT2D eigenvalue weighted by molar-refractivity contribution is -0.119. The Bertz CT molecular complexity index is 436. The predicted molar refractivity (Wildman–Crippen MR) is 69.8 cm³/mol. The van der Waals surface area contributed by atoms with Crippen molar-refractivity contribution < 1.29 is 14.1 Å². The standard InChI is InChI=1S/C14H22N2O3/c1-4-11(10(3)17)12-15-13(16-19-12)14(18-5-2)8-6-7-9-14/h11H,4-9H2,1-3H3. The lowest BCUT2D eigenvalue weighted by atomic mass is 10.00. The number of hydrogen-bond acceptors (Lipinski definition) is 5. The number of carbonyl (C=O) groups excluding carboxylic acids is 1. The van der Waals surface area contributed by atoms with Gasteiger partial charge in [-0.15, -0.1) is 0 Å². The van der Waals surface area contributed by atoms with Crippen LogP contribution in [0.1, 0.15) is 70.5 Å². The van der Waals surface area contributed by atoms with Crippen LogP contribution >= 0.6 is 0 Å². The molecule has 1 aliphatic carbocycles. The summed E-state index contributed by atoms with van der Waals surface area (Å²) in [7, 11) is 0. The SMILES string of the molecule is CCOC1(c2noc(C(CC)C(C)=O)n2)CCCC1. The Kier molecular flexibility index (Phi) is 4.34. The first kappa shape index (κ1) is 14.2. The molecule has 0 aromatic carbocycles. The van der Waals surface area contributed by atoms with Crippen LogP contribution in [-0.2, 0) is 15.1 Å². The van der Waals surface area contributed by atoms with E-state index in [1.165, 1.54) is 0 Å². The van der Waals surface area contributed by atoms with Crippen LogP contribution in [0.25, 0.3) is 0 Å². The van der Waals surface area contributed by atoms with Crippen LogP contribution in [0, 0.1) is 0 Å². The molecule has 0 amide bonds. The molecule has 5 nitrogen and oxygen atoms in total. The van der Waals surface area contributed by atoms with Crippen LogP contribution in [0.15, 0.2) is 4.52 Å². The highest BCUT2D eigenvalue weighted by Gasteiger charge is 2.41. The fraction of sp³-hybridized carbons (Fsp3) is 0.786. The normalized spacial score (nSPS) is 19.5. The van der Waals surface area contributed by atoms with Crippen LogP contribution < -0.4 is 0 Å². The Morgan fingerprint density at radius 1 is 1.42 bits per heavy atom. The molecule has 0 radical (unpaired) electrons. The van der Waals surface area contributed by atoms with Gasteiger partial charge in [-0.1, -0.05) is 12.1 Å². The van der Waals surface area contributed by atoms with Crippen molar-refractivity contribution in [2.24, 2.45) is 0 Å².